The second-order valence-electron chi connectivity index (χ2n) is 12.5. The van der Waals surface area contributed by atoms with Crippen molar-refractivity contribution in [1.82, 2.24) is 4.90 Å². The highest BCUT2D eigenvalue weighted by molar-refractivity contribution is 5.66. The molecule has 5 aliphatic carbocycles. The highest BCUT2D eigenvalue weighted by Crippen LogP contribution is 2.80. The van der Waals surface area contributed by atoms with E-state index in [0.717, 1.165) is 19.3 Å². The van der Waals surface area contributed by atoms with Crippen LogP contribution < -0.4 is 0 Å². The number of esters is 1. The molecule has 6 fully saturated rings. The lowest BCUT2D eigenvalue weighted by molar-refractivity contribution is -0.320. The van der Waals surface area contributed by atoms with Crippen molar-refractivity contribution in [2.75, 3.05) is 48.1 Å². The van der Waals surface area contributed by atoms with Gasteiger partial charge in [0, 0.05) is 76.9 Å². The van der Waals surface area contributed by atoms with E-state index in [2.05, 4.69) is 11.8 Å². The highest BCUT2D eigenvalue weighted by atomic mass is 16.5. The van der Waals surface area contributed by atoms with Gasteiger partial charge < -0.3 is 33.9 Å². The minimum absolute atomic E-state index is 0.0457. The van der Waals surface area contributed by atoms with Crippen LogP contribution in [0.15, 0.2) is 0 Å². The average molecular weight is 510 g/mol. The summed E-state index contributed by atoms with van der Waals surface area (Å²) in [5.41, 5.74) is -3.91. The first-order chi connectivity index (χ1) is 17.2. The zero-order valence-electron chi connectivity index (χ0n) is 22.4. The number of fused-ring (bicyclic) bond motifs is 2. The van der Waals surface area contributed by atoms with Crippen LogP contribution in [0.1, 0.15) is 39.5 Å². The summed E-state index contributed by atoms with van der Waals surface area (Å²) in [5, 5.41) is 26.0. The average Bonchev–Trinajstić information content (AvgIpc) is 3.28. The number of carbonyl (C=O) groups excluding carboxylic acids is 1. The molecule has 1 heterocycles. The van der Waals surface area contributed by atoms with E-state index < -0.39 is 28.1 Å². The minimum atomic E-state index is -1.56. The SMILES string of the molecule is CCN1C[C@@]2(COC(C)=O)CC[C@@H](OC)[C@@]34C1[C@@](O)([C@@H](OC)[C@@H]23)[C@]1(O)C[C@@H](OC)[C@@H]2C[C@H]4[C@H]1[C@@H]2OC. The number of nitrogens with zero attached hydrogens (tertiary/aromatic N) is 1. The van der Waals surface area contributed by atoms with Crippen LogP contribution in [0.4, 0.5) is 0 Å². The Labute approximate surface area is 213 Å². The van der Waals surface area contributed by atoms with Gasteiger partial charge in [-0.25, -0.2) is 0 Å². The fourth-order valence-electron chi connectivity index (χ4n) is 11.2. The quantitative estimate of drug-likeness (QED) is 0.483. The van der Waals surface area contributed by atoms with Crippen LogP contribution in [0.3, 0.4) is 0 Å². The summed E-state index contributed by atoms with van der Waals surface area (Å²) in [5.74, 6) is -0.523. The molecule has 2 N–H and O–H groups in total. The maximum absolute atomic E-state index is 13.1. The van der Waals surface area contributed by atoms with E-state index in [0.29, 0.717) is 19.5 Å². The second-order valence-corrected chi connectivity index (χ2v) is 12.5. The summed E-state index contributed by atoms with van der Waals surface area (Å²) in [6.07, 6.45) is 1.59. The zero-order valence-corrected chi connectivity index (χ0v) is 22.4. The van der Waals surface area contributed by atoms with Gasteiger partial charge in [-0.1, -0.05) is 6.92 Å². The Morgan fingerprint density at radius 1 is 1.08 bits per heavy atom. The zero-order chi connectivity index (χ0) is 25.8. The molecule has 6 aliphatic rings. The molecule has 7 bridgehead atoms. The van der Waals surface area contributed by atoms with Crippen molar-refractivity contribution < 1.29 is 38.7 Å². The summed E-state index contributed by atoms with van der Waals surface area (Å²) in [4.78, 5) is 14.4. The molecular formula is C27H43NO8. The van der Waals surface area contributed by atoms with Crippen LogP contribution in [0, 0.1) is 34.5 Å². The molecule has 1 spiro atoms. The van der Waals surface area contributed by atoms with Gasteiger partial charge in [-0.2, -0.15) is 0 Å². The summed E-state index contributed by atoms with van der Waals surface area (Å²) < 4.78 is 30.5. The van der Waals surface area contributed by atoms with E-state index in [1.54, 1.807) is 28.4 Å². The molecule has 0 amide bonds. The fourth-order valence-corrected chi connectivity index (χ4v) is 11.2. The molecule has 1 aliphatic heterocycles. The summed E-state index contributed by atoms with van der Waals surface area (Å²) >= 11 is 0. The van der Waals surface area contributed by atoms with Gasteiger partial charge >= 0.3 is 5.97 Å². The lowest BCUT2D eigenvalue weighted by Crippen LogP contribution is -2.82. The molecule has 9 nitrogen and oxygen atoms in total. The molecule has 6 rings (SSSR count). The van der Waals surface area contributed by atoms with Crippen LogP contribution in [-0.4, -0.2) is 111 Å². The standard InChI is InChI=1S/C27H43NO8/c1-7-28-12-24(13-36-14(2)29)9-8-18(33-4)26-16-10-15-17(32-3)11-25(30,19(16)20(15)34-5)27(31,23(26)28)22(35-6)21(24)26/h15-23,30-31H,7-13H2,1-6H3/t15-,16-,17+,18+,19-,20+,21-,22-,23?,24+,25-,26+,27-/m0/s1. The van der Waals surface area contributed by atoms with E-state index >= 15 is 0 Å². The van der Waals surface area contributed by atoms with Crippen LogP contribution in [0.5, 0.6) is 0 Å². The molecule has 0 aromatic heterocycles. The topological polar surface area (TPSA) is 107 Å². The summed E-state index contributed by atoms with van der Waals surface area (Å²) in [7, 11) is 6.83. The number of hydrogen-bond acceptors (Lipinski definition) is 9. The molecule has 36 heavy (non-hydrogen) atoms. The van der Waals surface area contributed by atoms with Crippen molar-refractivity contribution in [3.8, 4) is 0 Å². The first-order valence-corrected chi connectivity index (χ1v) is 13.6. The van der Waals surface area contributed by atoms with Crippen LogP contribution in [-0.2, 0) is 28.5 Å². The van der Waals surface area contributed by atoms with Gasteiger partial charge in [0.2, 0.25) is 0 Å². The monoisotopic (exact) mass is 509 g/mol. The van der Waals surface area contributed by atoms with Gasteiger partial charge in [-0.15, -0.1) is 0 Å². The van der Waals surface area contributed by atoms with E-state index in [1.807, 2.05) is 0 Å². The Kier molecular flexibility index (Phi) is 5.73. The molecule has 9 heteroatoms. The van der Waals surface area contributed by atoms with Crippen molar-refractivity contribution in [1.29, 1.82) is 0 Å². The molecule has 13 atom stereocenters. The first kappa shape index (κ1) is 25.5. The van der Waals surface area contributed by atoms with Gasteiger partial charge in [0.05, 0.1) is 37.1 Å². The highest BCUT2D eigenvalue weighted by Gasteiger charge is 2.91. The van der Waals surface area contributed by atoms with Crippen LogP contribution in [0.2, 0.25) is 0 Å². The maximum atomic E-state index is 13.1. The number of likely N-dealkylation sites (tertiary alicyclic amines) is 1. The van der Waals surface area contributed by atoms with E-state index in [9.17, 15) is 15.0 Å². The van der Waals surface area contributed by atoms with E-state index in [1.165, 1.54) is 6.92 Å². The van der Waals surface area contributed by atoms with Crippen molar-refractivity contribution in [3.05, 3.63) is 0 Å². The number of aliphatic hydroxyl groups is 2. The Hall–Kier alpha value is -0.810. The Balaban J connectivity index is 1.65. The third-order valence-corrected chi connectivity index (χ3v) is 11.9. The smallest absolute Gasteiger partial charge is 0.302 e. The predicted molar refractivity (Wildman–Crippen MR) is 128 cm³/mol. The normalized spacial score (nSPS) is 56.6. The van der Waals surface area contributed by atoms with Gasteiger partial charge in [-0.05, 0) is 31.7 Å². The Morgan fingerprint density at radius 3 is 2.42 bits per heavy atom. The van der Waals surface area contributed by atoms with Gasteiger partial charge in [0.1, 0.15) is 11.2 Å². The first-order valence-electron chi connectivity index (χ1n) is 13.6. The lowest BCUT2D eigenvalue weighted by Gasteiger charge is -2.70. The molecule has 0 aromatic carbocycles. The van der Waals surface area contributed by atoms with Gasteiger partial charge in [-0.3, -0.25) is 9.69 Å². The number of methoxy groups -OCH3 is 4. The van der Waals surface area contributed by atoms with Crippen molar-refractivity contribution >= 4 is 5.97 Å². The number of likely N-dealkylation sites (N-methyl/N-ethyl adjacent to an activating group) is 1. The van der Waals surface area contributed by atoms with E-state index in [-0.39, 0.29) is 60.6 Å². The fraction of sp³-hybridized carbons (Fsp3) is 0.963. The van der Waals surface area contributed by atoms with Crippen molar-refractivity contribution in [2.45, 2.75) is 81.2 Å². The number of rotatable bonds is 7. The minimum Gasteiger partial charge on any atom is -0.465 e. The van der Waals surface area contributed by atoms with E-state index in [4.69, 9.17) is 23.7 Å². The number of carbonyl (C=O) groups is 1. The molecule has 1 unspecified atom stereocenters. The third-order valence-electron chi connectivity index (χ3n) is 11.9. The molecule has 0 radical (unpaired) electrons. The van der Waals surface area contributed by atoms with Crippen LogP contribution >= 0.6 is 0 Å². The molecule has 0 aromatic rings. The Morgan fingerprint density at radius 2 is 1.83 bits per heavy atom. The number of piperidine rings is 1. The Bertz CT molecular complexity index is 918. The number of ether oxygens (including phenoxy) is 5. The van der Waals surface area contributed by atoms with Gasteiger partial charge in [0.25, 0.3) is 0 Å². The molecular weight excluding hydrogens is 466 g/mol. The largest absolute Gasteiger partial charge is 0.465 e. The summed E-state index contributed by atoms with van der Waals surface area (Å²) in [6.45, 7) is 5.22. The van der Waals surface area contributed by atoms with Crippen molar-refractivity contribution in [3.63, 3.8) is 0 Å². The lowest BCUT2D eigenvalue weighted by atomic mass is 9.42. The number of hydrogen-bond donors (Lipinski definition) is 2. The summed E-state index contributed by atoms with van der Waals surface area (Å²) in [6, 6.07) is -0.348. The maximum Gasteiger partial charge on any atom is 0.302 e. The molecule has 204 valence electrons. The molecule has 1 saturated heterocycles. The van der Waals surface area contributed by atoms with Gasteiger partial charge in [0.15, 0.2) is 0 Å². The van der Waals surface area contributed by atoms with Crippen LogP contribution in [0.25, 0.3) is 0 Å². The third kappa shape index (κ3) is 2.55. The molecule has 5 saturated carbocycles. The second kappa shape index (κ2) is 8.10. The van der Waals surface area contributed by atoms with Crippen molar-refractivity contribution in [2.24, 2.45) is 34.5 Å². The predicted octanol–water partition coefficient (Wildman–Crippen LogP) is 0.842.